The van der Waals surface area contributed by atoms with Gasteiger partial charge in [0.25, 0.3) is 5.56 Å². The van der Waals surface area contributed by atoms with Crippen LogP contribution in [0, 0.1) is 17.5 Å². The second-order valence-electron chi connectivity index (χ2n) is 9.18. The SMILES string of the molecule is C=CC(=O)Nc1cc(F)cc(-n2cnc(=O)c3cnc(Nc4ccc(N5CCN(CCO)CC5)c(F)c4F)nc32)c1. The van der Waals surface area contributed by atoms with Crippen LogP contribution in [0.25, 0.3) is 16.7 Å². The van der Waals surface area contributed by atoms with Gasteiger partial charge < -0.3 is 20.6 Å². The number of aliphatic hydroxyl groups is 1. The van der Waals surface area contributed by atoms with Crippen LogP contribution in [0.5, 0.6) is 0 Å². The molecule has 1 fully saturated rings. The first-order chi connectivity index (χ1) is 19.8. The number of nitrogens with one attached hydrogen (secondary N) is 2. The van der Waals surface area contributed by atoms with Crippen LogP contribution in [-0.2, 0) is 4.79 Å². The maximum atomic E-state index is 15.1. The number of halogens is 3. The molecular weight excluding hydrogens is 541 g/mol. The highest BCUT2D eigenvalue weighted by Crippen LogP contribution is 2.29. The van der Waals surface area contributed by atoms with Crippen molar-refractivity contribution in [3.8, 4) is 5.69 Å². The predicted molar refractivity (Wildman–Crippen MR) is 147 cm³/mol. The van der Waals surface area contributed by atoms with E-state index in [0.717, 1.165) is 24.5 Å². The highest BCUT2D eigenvalue weighted by atomic mass is 19.2. The van der Waals surface area contributed by atoms with Crippen LogP contribution < -0.4 is 21.1 Å². The molecule has 14 heteroatoms. The number of aromatic nitrogens is 4. The van der Waals surface area contributed by atoms with Gasteiger partial charge in [0.1, 0.15) is 17.5 Å². The van der Waals surface area contributed by atoms with E-state index in [1.807, 2.05) is 4.90 Å². The number of anilines is 4. The molecule has 0 spiro atoms. The Balaban J connectivity index is 1.46. The Morgan fingerprint density at radius 1 is 1.07 bits per heavy atom. The summed E-state index contributed by atoms with van der Waals surface area (Å²) >= 11 is 0. The lowest BCUT2D eigenvalue weighted by molar-refractivity contribution is -0.111. The van der Waals surface area contributed by atoms with Crippen LogP contribution in [0.15, 0.2) is 60.3 Å². The fourth-order valence-corrected chi connectivity index (χ4v) is 4.52. The fraction of sp³-hybridized carbons (Fsp3) is 0.222. The molecule has 41 heavy (non-hydrogen) atoms. The van der Waals surface area contributed by atoms with Crippen LogP contribution in [0.3, 0.4) is 0 Å². The minimum Gasteiger partial charge on any atom is -0.395 e. The molecule has 0 radical (unpaired) electrons. The molecule has 1 saturated heterocycles. The molecule has 2 aromatic heterocycles. The molecule has 212 valence electrons. The van der Waals surface area contributed by atoms with Crippen LogP contribution in [0.2, 0.25) is 0 Å². The zero-order valence-electron chi connectivity index (χ0n) is 21.6. The largest absolute Gasteiger partial charge is 0.395 e. The Labute approximate surface area is 231 Å². The summed E-state index contributed by atoms with van der Waals surface area (Å²) in [5.74, 6) is -3.57. The van der Waals surface area contributed by atoms with Gasteiger partial charge in [0, 0.05) is 44.6 Å². The van der Waals surface area contributed by atoms with E-state index < -0.39 is 28.9 Å². The first-order valence-corrected chi connectivity index (χ1v) is 12.6. The van der Waals surface area contributed by atoms with E-state index in [9.17, 15) is 14.0 Å². The molecule has 0 atom stereocenters. The van der Waals surface area contributed by atoms with Crippen molar-refractivity contribution < 1.29 is 23.1 Å². The maximum absolute atomic E-state index is 15.1. The second kappa shape index (κ2) is 11.7. The summed E-state index contributed by atoms with van der Waals surface area (Å²) in [5, 5.41) is 14.2. The van der Waals surface area contributed by atoms with Gasteiger partial charge in [-0.3, -0.25) is 19.1 Å². The second-order valence-corrected chi connectivity index (χ2v) is 9.18. The van der Waals surface area contributed by atoms with E-state index in [2.05, 4.69) is 32.2 Å². The van der Waals surface area contributed by atoms with Crippen molar-refractivity contribution in [2.75, 3.05) is 54.9 Å². The number of β-amino-alcohol motifs (C(OH)–C–C–N with tert-alkyl or cyclic N) is 1. The standard InChI is InChI=1S/C27H25F3N8O3/c1-2-22(40)33-17-11-16(28)12-18(13-17)38-15-32-26(41)19-14-31-27(35-25(19)38)34-20-3-4-21(24(30)23(20)29)37-7-5-36(6-8-37)9-10-39/h2-4,11-15,39H,1,5-10H2,(H,33,40)(H,31,34,35). The summed E-state index contributed by atoms with van der Waals surface area (Å²) in [6.45, 7) is 6.08. The van der Waals surface area contributed by atoms with E-state index in [1.165, 1.54) is 29.0 Å². The van der Waals surface area contributed by atoms with E-state index in [4.69, 9.17) is 5.11 Å². The third-order valence-corrected chi connectivity index (χ3v) is 6.57. The van der Waals surface area contributed by atoms with Gasteiger partial charge in [-0.2, -0.15) is 9.97 Å². The summed E-state index contributed by atoms with van der Waals surface area (Å²) in [6.07, 6.45) is 3.33. The normalized spacial score (nSPS) is 13.8. The molecular formula is C27H25F3N8O3. The molecule has 0 unspecified atom stereocenters. The summed E-state index contributed by atoms with van der Waals surface area (Å²) in [6, 6.07) is 6.49. The zero-order chi connectivity index (χ0) is 29.1. The lowest BCUT2D eigenvalue weighted by Crippen LogP contribution is -2.47. The number of hydrogen-bond donors (Lipinski definition) is 3. The number of carbonyl (C=O) groups excluding carboxylic acids is 1. The highest BCUT2D eigenvalue weighted by Gasteiger charge is 2.23. The summed E-state index contributed by atoms with van der Waals surface area (Å²) in [7, 11) is 0. The number of carbonyl (C=O) groups is 1. The number of fused-ring (bicyclic) bond motifs is 1. The molecule has 1 aliphatic heterocycles. The molecule has 0 bridgehead atoms. The van der Waals surface area contributed by atoms with Gasteiger partial charge in [-0.05, 0) is 36.4 Å². The maximum Gasteiger partial charge on any atom is 0.283 e. The molecule has 3 heterocycles. The Morgan fingerprint density at radius 3 is 2.59 bits per heavy atom. The lowest BCUT2D eigenvalue weighted by Gasteiger charge is -2.36. The molecule has 0 saturated carbocycles. The van der Waals surface area contributed by atoms with Gasteiger partial charge in [0.2, 0.25) is 11.9 Å². The molecule has 3 N–H and O–H groups in total. The van der Waals surface area contributed by atoms with Gasteiger partial charge >= 0.3 is 0 Å². The Bertz CT molecular complexity index is 1690. The molecule has 0 aliphatic carbocycles. The van der Waals surface area contributed by atoms with Gasteiger partial charge in [-0.1, -0.05) is 6.58 Å². The van der Waals surface area contributed by atoms with Crippen LogP contribution >= 0.6 is 0 Å². The van der Waals surface area contributed by atoms with E-state index in [0.29, 0.717) is 32.7 Å². The monoisotopic (exact) mass is 566 g/mol. The summed E-state index contributed by atoms with van der Waals surface area (Å²) in [5.41, 5.74) is -0.467. The molecule has 2 aromatic carbocycles. The minimum atomic E-state index is -1.14. The van der Waals surface area contributed by atoms with Gasteiger partial charge in [-0.25, -0.2) is 18.2 Å². The van der Waals surface area contributed by atoms with Gasteiger partial charge in [-0.15, -0.1) is 0 Å². The van der Waals surface area contributed by atoms with E-state index >= 15 is 8.78 Å². The fourth-order valence-electron chi connectivity index (χ4n) is 4.52. The van der Waals surface area contributed by atoms with Crippen molar-refractivity contribution in [3.63, 3.8) is 0 Å². The number of hydrogen-bond acceptors (Lipinski definition) is 9. The van der Waals surface area contributed by atoms with Crippen molar-refractivity contribution >= 4 is 40.0 Å². The van der Waals surface area contributed by atoms with Crippen molar-refractivity contribution in [1.82, 2.24) is 24.4 Å². The highest BCUT2D eigenvalue weighted by molar-refractivity contribution is 5.99. The quantitative estimate of drug-likeness (QED) is 0.276. The average Bonchev–Trinajstić information content (AvgIpc) is 2.96. The molecule has 1 aliphatic rings. The minimum absolute atomic E-state index is 0.00680. The van der Waals surface area contributed by atoms with Gasteiger partial charge in [0.15, 0.2) is 17.3 Å². The Morgan fingerprint density at radius 2 is 1.85 bits per heavy atom. The molecule has 11 nitrogen and oxygen atoms in total. The van der Waals surface area contributed by atoms with Crippen molar-refractivity contribution in [2.24, 2.45) is 0 Å². The smallest absolute Gasteiger partial charge is 0.283 e. The van der Waals surface area contributed by atoms with Crippen LogP contribution in [0.4, 0.5) is 36.2 Å². The molecule has 1 amide bonds. The third kappa shape index (κ3) is 5.88. The summed E-state index contributed by atoms with van der Waals surface area (Å²) < 4.78 is 45.9. The number of nitrogens with zero attached hydrogens (tertiary/aromatic N) is 6. The third-order valence-electron chi connectivity index (χ3n) is 6.57. The van der Waals surface area contributed by atoms with Crippen LogP contribution in [-0.4, -0.2) is 74.8 Å². The number of benzene rings is 2. The number of rotatable bonds is 8. The van der Waals surface area contributed by atoms with Crippen LogP contribution in [0.1, 0.15) is 0 Å². The van der Waals surface area contributed by atoms with E-state index in [-0.39, 0.29) is 46.3 Å². The predicted octanol–water partition coefficient (Wildman–Crippen LogP) is 2.58. The Kier molecular flexibility index (Phi) is 7.94. The molecule has 4 aromatic rings. The first-order valence-electron chi connectivity index (χ1n) is 12.6. The van der Waals surface area contributed by atoms with E-state index in [1.54, 1.807) is 4.90 Å². The Hall–Kier alpha value is -4.82. The first kappa shape index (κ1) is 27.7. The van der Waals surface area contributed by atoms with Crippen molar-refractivity contribution in [1.29, 1.82) is 0 Å². The number of amides is 1. The van der Waals surface area contributed by atoms with Crippen molar-refractivity contribution in [3.05, 3.63) is 83.3 Å². The molecule has 5 rings (SSSR count). The summed E-state index contributed by atoms with van der Waals surface area (Å²) in [4.78, 5) is 40.0. The lowest BCUT2D eigenvalue weighted by atomic mass is 10.2. The topological polar surface area (TPSA) is 129 Å². The zero-order valence-corrected chi connectivity index (χ0v) is 21.6. The van der Waals surface area contributed by atoms with Crippen molar-refractivity contribution in [2.45, 2.75) is 0 Å². The number of piperazine rings is 1. The number of aliphatic hydroxyl groups excluding tert-OH is 1. The average molecular weight is 567 g/mol. The van der Waals surface area contributed by atoms with Gasteiger partial charge in [0.05, 0.1) is 23.7 Å².